The van der Waals surface area contributed by atoms with E-state index in [9.17, 15) is 9.59 Å². The monoisotopic (exact) mass is 186 g/mol. The van der Waals surface area contributed by atoms with E-state index >= 15 is 0 Å². The Balaban J connectivity index is 2.37. The summed E-state index contributed by atoms with van der Waals surface area (Å²) in [4.78, 5) is 23.6. The minimum absolute atomic E-state index is 0.0281. The van der Waals surface area contributed by atoms with Crippen molar-refractivity contribution in [2.24, 2.45) is 5.73 Å². The SMILES string of the molecule is CCOC(=O)CN1C[C@@H](N)CC1=O. The summed E-state index contributed by atoms with van der Waals surface area (Å²) < 4.78 is 4.71. The fraction of sp³-hybridized carbons (Fsp3) is 0.750. The average molecular weight is 186 g/mol. The van der Waals surface area contributed by atoms with Gasteiger partial charge in [-0.05, 0) is 6.92 Å². The molecule has 0 aromatic rings. The van der Waals surface area contributed by atoms with Crippen molar-refractivity contribution < 1.29 is 14.3 Å². The number of nitrogens with zero attached hydrogens (tertiary/aromatic N) is 1. The molecule has 1 aliphatic heterocycles. The molecule has 1 heterocycles. The second-order valence-corrected chi connectivity index (χ2v) is 3.04. The molecule has 5 heteroatoms. The van der Waals surface area contributed by atoms with Gasteiger partial charge in [-0.25, -0.2) is 0 Å². The fourth-order valence-electron chi connectivity index (χ4n) is 1.32. The molecule has 0 spiro atoms. The Kier molecular flexibility index (Phi) is 3.25. The molecule has 13 heavy (non-hydrogen) atoms. The summed E-state index contributed by atoms with van der Waals surface area (Å²) in [6.45, 7) is 2.56. The van der Waals surface area contributed by atoms with E-state index < -0.39 is 0 Å². The molecule has 1 fully saturated rings. The van der Waals surface area contributed by atoms with Crippen LogP contribution >= 0.6 is 0 Å². The van der Waals surface area contributed by atoms with Crippen molar-refractivity contribution in [3.63, 3.8) is 0 Å². The average Bonchev–Trinajstić information content (AvgIpc) is 2.30. The predicted octanol–water partition coefficient (Wildman–Crippen LogP) is -0.891. The first-order valence-electron chi connectivity index (χ1n) is 4.32. The van der Waals surface area contributed by atoms with Crippen molar-refractivity contribution >= 4 is 11.9 Å². The van der Waals surface area contributed by atoms with Gasteiger partial charge in [-0.15, -0.1) is 0 Å². The van der Waals surface area contributed by atoms with Gasteiger partial charge in [-0.2, -0.15) is 0 Å². The number of likely N-dealkylation sites (tertiary alicyclic amines) is 1. The standard InChI is InChI=1S/C8H14N2O3/c1-2-13-8(12)5-10-4-6(9)3-7(10)11/h6H,2-5,9H2,1H3/t6-/m0/s1. The van der Waals surface area contributed by atoms with E-state index in [1.807, 2.05) is 0 Å². The molecule has 2 N–H and O–H groups in total. The molecule has 0 radical (unpaired) electrons. The topological polar surface area (TPSA) is 72.6 Å². The third-order valence-corrected chi connectivity index (χ3v) is 1.87. The zero-order valence-electron chi connectivity index (χ0n) is 7.66. The summed E-state index contributed by atoms with van der Waals surface area (Å²) in [5.74, 6) is -0.439. The lowest BCUT2D eigenvalue weighted by Gasteiger charge is -2.13. The summed E-state index contributed by atoms with van der Waals surface area (Å²) in [6, 6.07) is -0.137. The largest absolute Gasteiger partial charge is 0.465 e. The first-order valence-corrected chi connectivity index (χ1v) is 4.32. The summed E-state index contributed by atoms with van der Waals surface area (Å²) in [7, 11) is 0. The molecule has 74 valence electrons. The van der Waals surface area contributed by atoms with Crippen LogP contribution in [0.4, 0.5) is 0 Å². The molecule has 0 aromatic carbocycles. The smallest absolute Gasteiger partial charge is 0.325 e. The van der Waals surface area contributed by atoms with Gasteiger partial charge in [-0.1, -0.05) is 0 Å². The maximum absolute atomic E-state index is 11.2. The quantitative estimate of drug-likeness (QED) is 0.580. The summed E-state index contributed by atoms with van der Waals surface area (Å²) in [5, 5.41) is 0. The second-order valence-electron chi connectivity index (χ2n) is 3.04. The van der Waals surface area contributed by atoms with Gasteiger partial charge in [0.05, 0.1) is 6.61 Å². The van der Waals surface area contributed by atoms with E-state index in [2.05, 4.69) is 0 Å². The van der Waals surface area contributed by atoms with Gasteiger partial charge in [0.15, 0.2) is 0 Å². The third-order valence-electron chi connectivity index (χ3n) is 1.87. The van der Waals surface area contributed by atoms with Gasteiger partial charge in [0.25, 0.3) is 0 Å². The van der Waals surface area contributed by atoms with Gasteiger partial charge in [0.1, 0.15) is 6.54 Å². The number of ether oxygens (including phenoxy) is 1. The fourth-order valence-corrected chi connectivity index (χ4v) is 1.32. The highest BCUT2D eigenvalue weighted by molar-refractivity contribution is 5.84. The first kappa shape index (κ1) is 9.98. The lowest BCUT2D eigenvalue weighted by Crippen LogP contribution is -2.33. The Labute approximate surface area is 76.8 Å². The molecule has 1 saturated heterocycles. The number of rotatable bonds is 3. The normalized spacial score (nSPS) is 22.2. The minimum atomic E-state index is -0.370. The number of carbonyl (C=O) groups is 2. The van der Waals surface area contributed by atoms with Crippen LogP contribution in [0.3, 0.4) is 0 Å². The predicted molar refractivity (Wildman–Crippen MR) is 45.8 cm³/mol. The molecule has 0 saturated carbocycles. The lowest BCUT2D eigenvalue weighted by molar-refractivity contribution is -0.147. The molecule has 1 amide bonds. The third kappa shape index (κ3) is 2.69. The van der Waals surface area contributed by atoms with Crippen molar-refractivity contribution in [3.05, 3.63) is 0 Å². The first-order chi connectivity index (χ1) is 6.13. The highest BCUT2D eigenvalue weighted by Gasteiger charge is 2.28. The Morgan fingerprint density at radius 1 is 1.77 bits per heavy atom. The van der Waals surface area contributed by atoms with Crippen LogP contribution < -0.4 is 5.73 Å². The van der Waals surface area contributed by atoms with Crippen LogP contribution in [-0.2, 0) is 14.3 Å². The van der Waals surface area contributed by atoms with Crippen LogP contribution in [-0.4, -0.2) is 42.5 Å². The molecule has 0 aromatic heterocycles. The van der Waals surface area contributed by atoms with E-state index in [1.54, 1.807) is 6.92 Å². The van der Waals surface area contributed by atoms with E-state index in [0.717, 1.165) is 0 Å². The Hall–Kier alpha value is -1.10. The highest BCUT2D eigenvalue weighted by atomic mass is 16.5. The number of esters is 1. The van der Waals surface area contributed by atoms with Crippen molar-refractivity contribution in [2.75, 3.05) is 19.7 Å². The van der Waals surface area contributed by atoms with Crippen LogP contribution in [0.2, 0.25) is 0 Å². The number of nitrogens with two attached hydrogens (primary N) is 1. The highest BCUT2D eigenvalue weighted by Crippen LogP contribution is 2.08. The van der Waals surface area contributed by atoms with E-state index in [1.165, 1.54) is 4.90 Å². The van der Waals surface area contributed by atoms with E-state index in [0.29, 0.717) is 19.6 Å². The molecule has 0 bridgehead atoms. The van der Waals surface area contributed by atoms with E-state index in [-0.39, 0.29) is 24.5 Å². The lowest BCUT2D eigenvalue weighted by atomic mass is 10.3. The van der Waals surface area contributed by atoms with Gasteiger partial charge in [0.2, 0.25) is 5.91 Å². The maximum Gasteiger partial charge on any atom is 0.325 e. The van der Waals surface area contributed by atoms with Crippen LogP contribution in [0.5, 0.6) is 0 Å². The Morgan fingerprint density at radius 2 is 2.46 bits per heavy atom. The molecule has 1 rings (SSSR count). The number of hydrogen-bond acceptors (Lipinski definition) is 4. The zero-order chi connectivity index (χ0) is 9.84. The van der Waals surface area contributed by atoms with Crippen molar-refractivity contribution in [3.8, 4) is 0 Å². The summed E-state index contributed by atoms with van der Waals surface area (Å²) in [6.07, 6.45) is 0.333. The van der Waals surface area contributed by atoms with Crippen molar-refractivity contribution in [1.82, 2.24) is 4.90 Å². The van der Waals surface area contributed by atoms with Gasteiger partial charge >= 0.3 is 5.97 Å². The number of hydrogen-bond donors (Lipinski definition) is 1. The van der Waals surface area contributed by atoms with Gasteiger partial charge in [-0.3, -0.25) is 9.59 Å². The Bertz CT molecular complexity index is 217. The van der Waals surface area contributed by atoms with Gasteiger partial charge < -0.3 is 15.4 Å². The van der Waals surface area contributed by atoms with Crippen LogP contribution in [0.15, 0.2) is 0 Å². The van der Waals surface area contributed by atoms with E-state index in [4.69, 9.17) is 10.5 Å². The maximum atomic E-state index is 11.2. The molecular formula is C8H14N2O3. The molecule has 1 aliphatic rings. The minimum Gasteiger partial charge on any atom is -0.465 e. The number of carbonyl (C=O) groups excluding carboxylic acids is 2. The van der Waals surface area contributed by atoms with Crippen molar-refractivity contribution in [1.29, 1.82) is 0 Å². The molecule has 0 aliphatic carbocycles. The molecule has 1 atom stereocenters. The zero-order valence-corrected chi connectivity index (χ0v) is 7.66. The van der Waals surface area contributed by atoms with Gasteiger partial charge in [0, 0.05) is 19.0 Å². The molecular weight excluding hydrogens is 172 g/mol. The second kappa shape index (κ2) is 4.23. The van der Waals surface area contributed by atoms with Crippen molar-refractivity contribution in [2.45, 2.75) is 19.4 Å². The Morgan fingerprint density at radius 3 is 2.92 bits per heavy atom. The summed E-state index contributed by atoms with van der Waals surface area (Å²) in [5.41, 5.74) is 5.55. The number of amides is 1. The summed E-state index contributed by atoms with van der Waals surface area (Å²) >= 11 is 0. The van der Waals surface area contributed by atoms with Crippen LogP contribution in [0.1, 0.15) is 13.3 Å². The van der Waals surface area contributed by atoms with Crippen LogP contribution in [0, 0.1) is 0 Å². The molecule has 5 nitrogen and oxygen atoms in total. The van der Waals surface area contributed by atoms with Crippen LogP contribution in [0.25, 0.3) is 0 Å². The molecule has 0 unspecified atom stereocenters.